The molecule has 0 aliphatic carbocycles. The first-order valence-corrected chi connectivity index (χ1v) is 7.24. The van der Waals surface area contributed by atoms with Crippen LogP contribution in [-0.2, 0) is 0 Å². The molecule has 2 aromatic rings. The molecule has 0 spiro atoms. The number of hydrogen-bond acceptors (Lipinski definition) is 4. The number of aliphatic hydroxyl groups excluding tert-OH is 1. The van der Waals surface area contributed by atoms with Crippen molar-refractivity contribution in [2.75, 3.05) is 39.8 Å². The lowest BCUT2D eigenvalue weighted by molar-refractivity contribution is 0.113. The minimum atomic E-state index is -0.394. The van der Waals surface area contributed by atoms with E-state index in [1.807, 2.05) is 18.2 Å². The van der Waals surface area contributed by atoms with Gasteiger partial charge in [-0.25, -0.2) is 0 Å². The number of rotatable bonds is 4. The molecule has 1 atom stereocenters. The van der Waals surface area contributed by atoms with Crippen LogP contribution in [0.4, 0.5) is 0 Å². The third kappa shape index (κ3) is 3.00. The summed E-state index contributed by atoms with van der Waals surface area (Å²) in [6, 6.07) is 5.99. The third-order valence-corrected chi connectivity index (χ3v) is 4.16. The van der Waals surface area contributed by atoms with Crippen molar-refractivity contribution >= 4 is 10.9 Å². The van der Waals surface area contributed by atoms with Crippen LogP contribution in [0, 0.1) is 0 Å². The van der Waals surface area contributed by atoms with Crippen LogP contribution in [0.2, 0.25) is 0 Å². The number of likely N-dealkylation sites (N-methyl/N-ethyl adjacent to an activating group) is 1. The molecule has 5 nitrogen and oxygen atoms in total. The maximum Gasteiger partial charge on any atom is 0.0802 e. The highest BCUT2D eigenvalue weighted by Crippen LogP contribution is 2.21. The SMILES string of the molecule is CN1CCN(CCC(O)c2ccc3[nH]ncc3c2)CC1. The summed E-state index contributed by atoms with van der Waals surface area (Å²) in [5.41, 5.74) is 1.99. The number of benzene rings is 1. The summed E-state index contributed by atoms with van der Waals surface area (Å²) in [6.07, 6.45) is 2.19. The Kier molecular flexibility index (Phi) is 4.00. The van der Waals surface area contributed by atoms with E-state index in [0.29, 0.717) is 0 Å². The number of piperazine rings is 1. The zero-order valence-corrected chi connectivity index (χ0v) is 11.9. The van der Waals surface area contributed by atoms with Crippen molar-refractivity contribution in [1.29, 1.82) is 0 Å². The fourth-order valence-electron chi connectivity index (χ4n) is 2.71. The summed E-state index contributed by atoms with van der Waals surface area (Å²) >= 11 is 0. The van der Waals surface area contributed by atoms with E-state index in [-0.39, 0.29) is 0 Å². The molecular weight excluding hydrogens is 252 g/mol. The van der Waals surface area contributed by atoms with Crippen LogP contribution in [0.1, 0.15) is 18.1 Å². The van der Waals surface area contributed by atoms with Crippen molar-refractivity contribution in [1.82, 2.24) is 20.0 Å². The Balaban J connectivity index is 1.57. The van der Waals surface area contributed by atoms with Crippen molar-refractivity contribution in [2.24, 2.45) is 0 Å². The fourth-order valence-corrected chi connectivity index (χ4v) is 2.71. The number of aliphatic hydroxyl groups is 1. The van der Waals surface area contributed by atoms with Crippen molar-refractivity contribution in [2.45, 2.75) is 12.5 Å². The van der Waals surface area contributed by atoms with Crippen LogP contribution >= 0.6 is 0 Å². The maximum absolute atomic E-state index is 10.3. The Morgan fingerprint density at radius 1 is 1.30 bits per heavy atom. The number of hydrogen-bond donors (Lipinski definition) is 2. The number of aromatic nitrogens is 2. The Morgan fingerprint density at radius 3 is 2.90 bits per heavy atom. The molecule has 1 aromatic heterocycles. The van der Waals surface area contributed by atoms with Gasteiger partial charge in [0.2, 0.25) is 0 Å². The average molecular weight is 274 g/mol. The first-order valence-electron chi connectivity index (χ1n) is 7.24. The standard InChI is InChI=1S/C15H22N4O/c1-18-6-8-19(9-7-18)5-4-15(20)12-2-3-14-13(10-12)11-16-17-14/h2-3,10-11,15,20H,4-9H2,1H3,(H,16,17). The fraction of sp³-hybridized carbons (Fsp3) is 0.533. The summed E-state index contributed by atoms with van der Waals surface area (Å²) in [5, 5.41) is 18.3. The highest BCUT2D eigenvalue weighted by atomic mass is 16.3. The minimum absolute atomic E-state index is 0.394. The molecule has 2 heterocycles. The summed E-state index contributed by atoms with van der Waals surface area (Å²) in [4.78, 5) is 4.78. The molecule has 3 rings (SSSR count). The van der Waals surface area contributed by atoms with Gasteiger partial charge in [0.1, 0.15) is 0 Å². The molecule has 0 saturated carbocycles. The van der Waals surface area contributed by atoms with Crippen molar-refractivity contribution in [3.63, 3.8) is 0 Å². The van der Waals surface area contributed by atoms with E-state index in [2.05, 4.69) is 27.0 Å². The van der Waals surface area contributed by atoms with Crippen LogP contribution in [0.5, 0.6) is 0 Å². The summed E-state index contributed by atoms with van der Waals surface area (Å²) < 4.78 is 0. The number of nitrogens with zero attached hydrogens (tertiary/aromatic N) is 3. The van der Waals surface area contributed by atoms with Gasteiger partial charge in [-0.05, 0) is 31.2 Å². The third-order valence-electron chi connectivity index (χ3n) is 4.16. The lowest BCUT2D eigenvalue weighted by Crippen LogP contribution is -2.44. The average Bonchev–Trinajstić information content (AvgIpc) is 2.93. The smallest absolute Gasteiger partial charge is 0.0802 e. The molecule has 0 amide bonds. The van der Waals surface area contributed by atoms with Crippen LogP contribution < -0.4 is 0 Å². The highest BCUT2D eigenvalue weighted by molar-refractivity contribution is 5.78. The first-order chi connectivity index (χ1) is 9.72. The Hall–Kier alpha value is -1.43. The molecule has 0 radical (unpaired) electrons. The first kappa shape index (κ1) is 13.5. The van der Waals surface area contributed by atoms with E-state index >= 15 is 0 Å². The Bertz CT molecular complexity index is 560. The van der Waals surface area contributed by atoms with Crippen LogP contribution in [0.25, 0.3) is 10.9 Å². The molecular formula is C15H22N4O. The van der Waals surface area contributed by atoms with Crippen molar-refractivity contribution in [3.05, 3.63) is 30.0 Å². The molecule has 5 heteroatoms. The van der Waals surface area contributed by atoms with Gasteiger partial charge in [-0.3, -0.25) is 5.10 Å². The second kappa shape index (κ2) is 5.91. The van der Waals surface area contributed by atoms with Crippen LogP contribution in [-0.4, -0.2) is 64.9 Å². The summed E-state index contributed by atoms with van der Waals surface area (Å²) in [5.74, 6) is 0. The highest BCUT2D eigenvalue weighted by Gasteiger charge is 2.16. The van der Waals surface area contributed by atoms with Crippen LogP contribution in [0.15, 0.2) is 24.4 Å². The molecule has 1 saturated heterocycles. The molecule has 2 N–H and O–H groups in total. The number of H-pyrrole nitrogens is 1. The largest absolute Gasteiger partial charge is 0.388 e. The molecule has 1 unspecified atom stereocenters. The molecule has 1 aliphatic rings. The molecule has 20 heavy (non-hydrogen) atoms. The lowest BCUT2D eigenvalue weighted by atomic mass is 10.0. The number of nitrogens with one attached hydrogen (secondary N) is 1. The quantitative estimate of drug-likeness (QED) is 0.880. The predicted octanol–water partition coefficient (Wildman–Crippen LogP) is 1.23. The molecule has 1 aromatic carbocycles. The number of aromatic amines is 1. The van der Waals surface area contributed by atoms with Gasteiger partial charge in [-0.15, -0.1) is 0 Å². The van der Waals surface area contributed by atoms with Gasteiger partial charge in [0, 0.05) is 38.1 Å². The lowest BCUT2D eigenvalue weighted by Gasteiger charge is -2.32. The van der Waals surface area contributed by atoms with Gasteiger partial charge in [0.25, 0.3) is 0 Å². The number of fused-ring (bicyclic) bond motifs is 1. The van der Waals surface area contributed by atoms with E-state index in [1.165, 1.54) is 0 Å². The zero-order chi connectivity index (χ0) is 13.9. The summed E-state index contributed by atoms with van der Waals surface area (Å²) in [7, 11) is 2.16. The predicted molar refractivity (Wildman–Crippen MR) is 79.6 cm³/mol. The topological polar surface area (TPSA) is 55.4 Å². The van der Waals surface area contributed by atoms with Crippen molar-refractivity contribution in [3.8, 4) is 0 Å². The maximum atomic E-state index is 10.3. The molecule has 0 bridgehead atoms. The van der Waals surface area contributed by atoms with Crippen LogP contribution in [0.3, 0.4) is 0 Å². The van der Waals surface area contributed by atoms with Gasteiger partial charge in [0.05, 0.1) is 17.8 Å². The van der Waals surface area contributed by atoms with Gasteiger partial charge in [-0.2, -0.15) is 5.10 Å². The molecule has 1 fully saturated rings. The van der Waals surface area contributed by atoms with Crippen molar-refractivity contribution < 1.29 is 5.11 Å². The molecule has 108 valence electrons. The Morgan fingerprint density at radius 2 is 2.10 bits per heavy atom. The van der Waals surface area contributed by atoms with E-state index in [0.717, 1.165) is 55.6 Å². The van der Waals surface area contributed by atoms with E-state index in [9.17, 15) is 5.11 Å². The molecule has 1 aliphatic heterocycles. The van der Waals surface area contributed by atoms with E-state index in [1.54, 1.807) is 6.20 Å². The second-order valence-corrected chi connectivity index (χ2v) is 5.67. The van der Waals surface area contributed by atoms with E-state index in [4.69, 9.17) is 0 Å². The Labute approximate surface area is 119 Å². The van der Waals surface area contributed by atoms with Gasteiger partial charge in [-0.1, -0.05) is 6.07 Å². The summed E-state index contributed by atoms with van der Waals surface area (Å²) in [6.45, 7) is 5.40. The minimum Gasteiger partial charge on any atom is -0.388 e. The van der Waals surface area contributed by atoms with Gasteiger partial charge in [0.15, 0.2) is 0 Å². The zero-order valence-electron chi connectivity index (χ0n) is 11.9. The van der Waals surface area contributed by atoms with Gasteiger partial charge >= 0.3 is 0 Å². The monoisotopic (exact) mass is 274 g/mol. The van der Waals surface area contributed by atoms with E-state index < -0.39 is 6.10 Å². The van der Waals surface area contributed by atoms with Gasteiger partial charge < -0.3 is 14.9 Å². The second-order valence-electron chi connectivity index (χ2n) is 5.67. The normalized spacial score (nSPS) is 19.5.